The van der Waals surface area contributed by atoms with Gasteiger partial charge in [-0.2, -0.15) is 0 Å². The second kappa shape index (κ2) is 7.03. The highest BCUT2D eigenvalue weighted by Crippen LogP contribution is 2.31. The van der Waals surface area contributed by atoms with Gasteiger partial charge in [0.25, 0.3) is 0 Å². The van der Waals surface area contributed by atoms with Gasteiger partial charge in [0.05, 0.1) is 38.0 Å². The number of morpholine rings is 1. The average Bonchev–Trinajstić information content (AvgIpc) is 3.02. The lowest BCUT2D eigenvalue weighted by Gasteiger charge is -2.45. The molecular weight excluding hydrogens is 315 g/mol. The number of hydrogen-bond acceptors (Lipinski definition) is 6. The molecule has 3 heterocycles. The van der Waals surface area contributed by atoms with Gasteiger partial charge in [0.15, 0.2) is 6.29 Å². The Hall–Kier alpha value is -1.09. The molecule has 3 saturated heterocycles. The molecule has 0 radical (unpaired) electrons. The first-order valence-electron chi connectivity index (χ1n) is 8.47. The fraction of sp³-hybridized carbons (Fsp3) is 0.647. The molecule has 2 N–H and O–H groups in total. The third-order valence-electron chi connectivity index (χ3n) is 5.05. The van der Waals surface area contributed by atoms with E-state index in [0.717, 1.165) is 18.7 Å². The Morgan fingerprint density at radius 2 is 1.96 bits per heavy atom. The summed E-state index contributed by atoms with van der Waals surface area (Å²) in [5.74, 6) is -0.251. The van der Waals surface area contributed by atoms with Gasteiger partial charge in [-0.3, -0.25) is 4.90 Å². The summed E-state index contributed by atoms with van der Waals surface area (Å²) in [7, 11) is 0. The van der Waals surface area contributed by atoms with Crippen LogP contribution >= 0.6 is 0 Å². The predicted molar refractivity (Wildman–Crippen MR) is 83.8 cm³/mol. The second-order valence-corrected chi connectivity index (χ2v) is 6.54. The van der Waals surface area contributed by atoms with E-state index >= 15 is 0 Å². The first kappa shape index (κ1) is 16.4. The first-order chi connectivity index (χ1) is 11.7. The number of halogens is 1. The van der Waals surface area contributed by atoms with Crippen molar-refractivity contribution < 1.29 is 23.7 Å². The molecule has 0 aliphatic carbocycles. The minimum Gasteiger partial charge on any atom is -0.390 e. The molecule has 3 fully saturated rings. The second-order valence-electron chi connectivity index (χ2n) is 6.54. The van der Waals surface area contributed by atoms with Crippen molar-refractivity contribution in [1.29, 1.82) is 0 Å². The summed E-state index contributed by atoms with van der Waals surface area (Å²) in [6.45, 7) is 3.87. The lowest BCUT2D eigenvalue weighted by atomic mass is 9.94. The van der Waals surface area contributed by atoms with E-state index in [1.54, 1.807) is 12.1 Å². The lowest BCUT2D eigenvalue weighted by molar-refractivity contribution is -0.191. The van der Waals surface area contributed by atoms with Crippen LogP contribution in [0.5, 0.6) is 0 Å². The van der Waals surface area contributed by atoms with Crippen molar-refractivity contribution in [2.24, 2.45) is 0 Å². The molecule has 0 spiro atoms. The summed E-state index contributed by atoms with van der Waals surface area (Å²) < 4.78 is 30.1. The maximum atomic E-state index is 13.0. The van der Waals surface area contributed by atoms with Crippen molar-refractivity contribution in [3.63, 3.8) is 0 Å². The molecule has 5 atom stereocenters. The molecule has 4 rings (SSSR count). The van der Waals surface area contributed by atoms with Crippen molar-refractivity contribution in [2.75, 3.05) is 32.9 Å². The van der Waals surface area contributed by atoms with Crippen LogP contribution in [0.3, 0.4) is 0 Å². The van der Waals surface area contributed by atoms with E-state index in [9.17, 15) is 9.50 Å². The van der Waals surface area contributed by atoms with Gasteiger partial charge in [-0.05, 0) is 17.7 Å². The Balaban J connectivity index is 1.44. The number of aliphatic hydroxyl groups is 1. The average molecular weight is 338 g/mol. The molecule has 1 aromatic carbocycles. The highest BCUT2D eigenvalue weighted by Gasteiger charge is 2.52. The van der Waals surface area contributed by atoms with Gasteiger partial charge in [0.2, 0.25) is 0 Å². The number of fused-ring (bicyclic) bond motifs is 2. The fourth-order valence-electron chi connectivity index (χ4n) is 3.76. The standard InChI is InChI=1S/C17H23FN2O4/c18-12-3-1-11(2-4-12)9-19-14-13-10-23-17(24-13)15(16(14)21)20-5-7-22-8-6-20/h1-4,13-17,19,21H,5-10H2/t13-,14-,15-,16+,17-/m1/s1. The van der Waals surface area contributed by atoms with E-state index in [-0.39, 0.29) is 30.3 Å². The van der Waals surface area contributed by atoms with Crippen LogP contribution in [0.15, 0.2) is 24.3 Å². The fourth-order valence-corrected chi connectivity index (χ4v) is 3.76. The summed E-state index contributed by atoms with van der Waals surface area (Å²) in [6.07, 6.45) is -1.13. The van der Waals surface area contributed by atoms with Crippen LogP contribution in [-0.4, -0.2) is 73.5 Å². The third-order valence-corrected chi connectivity index (χ3v) is 5.05. The minimum absolute atomic E-state index is 0.164. The molecule has 24 heavy (non-hydrogen) atoms. The van der Waals surface area contributed by atoms with Gasteiger partial charge < -0.3 is 24.6 Å². The zero-order valence-corrected chi connectivity index (χ0v) is 13.4. The van der Waals surface area contributed by atoms with Gasteiger partial charge in [0, 0.05) is 19.6 Å². The van der Waals surface area contributed by atoms with Gasteiger partial charge in [-0.1, -0.05) is 12.1 Å². The van der Waals surface area contributed by atoms with Crippen molar-refractivity contribution in [1.82, 2.24) is 10.2 Å². The van der Waals surface area contributed by atoms with Crippen molar-refractivity contribution in [2.45, 2.75) is 37.1 Å². The van der Waals surface area contributed by atoms with E-state index in [1.165, 1.54) is 12.1 Å². The molecule has 1 aromatic rings. The summed E-state index contributed by atoms with van der Waals surface area (Å²) in [5, 5.41) is 14.3. The van der Waals surface area contributed by atoms with Crippen LogP contribution in [0.4, 0.5) is 4.39 Å². The van der Waals surface area contributed by atoms with Crippen LogP contribution in [0, 0.1) is 5.82 Å². The van der Waals surface area contributed by atoms with Crippen molar-refractivity contribution >= 4 is 0 Å². The Morgan fingerprint density at radius 1 is 1.21 bits per heavy atom. The highest BCUT2D eigenvalue weighted by molar-refractivity contribution is 5.16. The van der Waals surface area contributed by atoms with Crippen LogP contribution in [0.25, 0.3) is 0 Å². The van der Waals surface area contributed by atoms with E-state index in [2.05, 4.69) is 10.2 Å². The Labute approximate surface area is 140 Å². The summed E-state index contributed by atoms with van der Waals surface area (Å²) in [4.78, 5) is 2.19. The van der Waals surface area contributed by atoms with Crippen LogP contribution in [-0.2, 0) is 20.8 Å². The summed E-state index contributed by atoms with van der Waals surface area (Å²) >= 11 is 0. The number of rotatable bonds is 4. The molecule has 3 aliphatic heterocycles. The Bertz CT molecular complexity index is 552. The van der Waals surface area contributed by atoms with Crippen LogP contribution in [0.1, 0.15) is 5.56 Å². The molecular formula is C17H23FN2O4. The number of ether oxygens (including phenoxy) is 3. The van der Waals surface area contributed by atoms with Crippen LogP contribution < -0.4 is 5.32 Å². The zero-order valence-electron chi connectivity index (χ0n) is 13.4. The quantitative estimate of drug-likeness (QED) is 0.812. The van der Waals surface area contributed by atoms with Gasteiger partial charge in [0.1, 0.15) is 11.9 Å². The van der Waals surface area contributed by atoms with E-state index in [1.807, 2.05) is 0 Å². The van der Waals surface area contributed by atoms with Crippen LogP contribution in [0.2, 0.25) is 0 Å². The predicted octanol–water partition coefficient (Wildman–Crippen LogP) is 0.101. The molecule has 0 aromatic heterocycles. The lowest BCUT2D eigenvalue weighted by Crippen LogP contribution is -2.65. The largest absolute Gasteiger partial charge is 0.390 e. The van der Waals surface area contributed by atoms with Crippen molar-refractivity contribution in [3.05, 3.63) is 35.6 Å². The van der Waals surface area contributed by atoms with E-state index in [0.29, 0.717) is 26.4 Å². The van der Waals surface area contributed by atoms with E-state index < -0.39 is 6.10 Å². The molecule has 2 bridgehead atoms. The molecule has 0 unspecified atom stereocenters. The topological polar surface area (TPSA) is 63.2 Å². The summed E-state index contributed by atoms with van der Waals surface area (Å²) in [6, 6.07) is 5.95. The van der Waals surface area contributed by atoms with E-state index in [4.69, 9.17) is 14.2 Å². The maximum absolute atomic E-state index is 13.0. The third kappa shape index (κ3) is 3.20. The normalized spacial score (nSPS) is 36.8. The van der Waals surface area contributed by atoms with Gasteiger partial charge >= 0.3 is 0 Å². The number of hydrogen-bond donors (Lipinski definition) is 2. The zero-order chi connectivity index (χ0) is 16.5. The maximum Gasteiger partial charge on any atom is 0.176 e. The van der Waals surface area contributed by atoms with Gasteiger partial charge in [-0.25, -0.2) is 4.39 Å². The SMILES string of the molecule is O[C@H]1[C@H](NCc2ccc(F)cc2)[C@H]2CO[C@H](O2)[C@@H]1N1CCOCC1. The summed E-state index contributed by atoms with van der Waals surface area (Å²) in [5.41, 5.74) is 0.965. The molecule has 3 aliphatic rings. The monoisotopic (exact) mass is 338 g/mol. The minimum atomic E-state index is -0.588. The first-order valence-corrected chi connectivity index (χ1v) is 8.47. The molecule has 132 valence electrons. The molecule has 0 amide bonds. The Morgan fingerprint density at radius 3 is 2.71 bits per heavy atom. The molecule has 6 nitrogen and oxygen atoms in total. The number of aliphatic hydroxyl groups excluding tert-OH is 1. The van der Waals surface area contributed by atoms with Gasteiger partial charge in [-0.15, -0.1) is 0 Å². The van der Waals surface area contributed by atoms with Crippen molar-refractivity contribution in [3.8, 4) is 0 Å². The smallest absolute Gasteiger partial charge is 0.176 e. The number of nitrogens with zero attached hydrogens (tertiary/aromatic N) is 1. The number of benzene rings is 1. The molecule has 0 saturated carbocycles. The number of nitrogens with one attached hydrogen (secondary N) is 1. The highest BCUT2D eigenvalue weighted by atomic mass is 19.1. The molecule has 7 heteroatoms. The Kier molecular flexibility index (Phi) is 4.80.